The molecule has 4 rings (SSSR count). The fraction of sp³-hybridized carbons (Fsp3) is 0.333. The summed E-state index contributed by atoms with van der Waals surface area (Å²) in [5.41, 5.74) is 5.08. The normalized spacial score (nSPS) is 18.8. The van der Waals surface area contributed by atoms with E-state index in [0.717, 1.165) is 35.6 Å². The van der Waals surface area contributed by atoms with Gasteiger partial charge in [-0.3, -0.25) is 4.79 Å². The molecule has 2 aliphatic rings. The van der Waals surface area contributed by atoms with Crippen molar-refractivity contribution in [3.05, 3.63) is 59.2 Å². The Morgan fingerprint density at radius 2 is 2.04 bits per heavy atom. The molecule has 2 aromatic carbocycles. The molecule has 0 saturated heterocycles. The van der Waals surface area contributed by atoms with Gasteiger partial charge in [-0.05, 0) is 42.5 Å². The minimum absolute atomic E-state index is 0.0514. The molecule has 5 nitrogen and oxygen atoms in total. The van der Waals surface area contributed by atoms with Crippen LogP contribution >= 0.6 is 0 Å². The van der Waals surface area contributed by atoms with Gasteiger partial charge in [0.1, 0.15) is 5.75 Å². The largest absolute Gasteiger partial charge is 0.495 e. The first kappa shape index (κ1) is 16.6. The standard InChI is InChI=1S/C21H22N2O3/c1-14-10-11-18(25-2)20-16(14)9-6-12-23(20)21(24)19-13-17(22-26-19)15-7-4-3-5-8-15/h3-5,7-8,10-11,19H,6,9,12-13H2,1-2H3. The Labute approximate surface area is 153 Å². The molecular weight excluding hydrogens is 328 g/mol. The third-order valence-corrected chi connectivity index (χ3v) is 5.10. The van der Waals surface area contributed by atoms with Crippen molar-refractivity contribution < 1.29 is 14.4 Å². The molecule has 0 bridgehead atoms. The lowest BCUT2D eigenvalue weighted by atomic mass is 9.95. The second-order valence-corrected chi connectivity index (χ2v) is 6.71. The summed E-state index contributed by atoms with van der Waals surface area (Å²) in [5.74, 6) is 0.686. The van der Waals surface area contributed by atoms with Crippen molar-refractivity contribution in [3.8, 4) is 5.75 Å². The Kier molecular flexibility index (Phi) is 4.37. The van der Waals surface area contributed by atoms with Crippen LogP contribution in [0.15, 0.2) is 47.6 Å². The van der Waals surface area contributed by atoms with Crippen molar-refractivity contribution in [2.45, 2.75) is 32.3 Å². The number of benzene rings is 2. The number of anilines is 1. The number of hydrogen-bond acceptors (Lipinski definition) is 4. The van der Waals surface area contributed by atoms with Gasteiger partial charge >= 0.3 is 0 Å². The summed E-state index contributed by atoms with van der Waals surface area (Å²) in [6.45, 7) is 2.75. The quantitative estimate of drug-likeness (QED) is 0.852. The van der Waals surface area contributed by atoms with Crippen molar-refractivity contribution in [2.75, 3.05) is 18.6 Å². The van der Waals surface area contributed by atoms with Crippen molar-refractivity contribution in [1.29, 1.82) is 0 Å². The second-order valence-electron chi connectivity index (χ2n) is 6.71. The summed E-state index contributed by atoms with van der Waals surface area (Å²) in [5, 5.41) is 4.16. The minimum Gasteiger partial charge on any atom is -0.495 e. The first-order chi connectivity index (χ1) is 12.7. The first-order valence-corrected chi connectivity index (χ1v) is 8.95. The SMILES string of the molecule is COc1ccc(C)c2c1N(C(=O)C1CC(c3ccccc3)=NO1)CCC2. The van der Waals surface area contributed by atoms with Crippen molar-refractivity contribution >= 4 is 17.3 Å². The number of ether oxygens (including phenoxy) is 1. The number of oxime groups is 1. The summed E-state index contributed by atoms with van der Waals surface area (Å²) >= 11 is 0. The van der Waals surface area contributed by atoms with Crippen LogP contribution in [0, 0.1) is 6.92 Å². The zero-order chi connectivity index (χ0) is 18.1. The van der Waals surface area contributed by atoms with Crippen LogP contribution in [0.3, 0.4) is 0 Å². The Balaban J connectivity index is 1.59. The highest BCUT2D eigenvalue weighted by molar-refractivity contribution is 6.07. The second kappa shape index (κ2) is 6.83. The maximum Gasteiger partial charge on any atom is 0.271 e. The van der Waals surface area contributed by atoms with E-state index >= 15 is 0 Å². The summed E-state index contributed by atoms with van der Waals surface area (Å²) in [6, 6.07) is 13.8. The van der Waals surface area contributed by atoms with Crippen LogP contribution < -0.4 is 9.64 Å². The van der Waals surface area contributed by atoms with Crippen molar-refractivity contribution in [2.24, 2.45) is 5.16 Å². The number of methoxy groups -OCH3 is 1. The Morgan fingerprint density at radius 1 is 1.23 bits per heavy atom. The molecule has 134 valence electrons. The van der Waals surface area contributed by atoms with Gasteiger partial charge in [-0.2, -0.15) is 0 Å². The molecule has 0 aliphatic carbocycles. The van der Waals surface area contributed by atoms with E-state index < -0.39 is 6.10 Å². The lowest BCUT2D eigenvalue weighted by Gasteiger charge is -2.32. The van der Waals surface area contributed by atoms with E-state index in [1.54, 1.807) is 7.11 Å². The number of carbonyl (C=O) groups excluding carboxylic acids is 1. The molecule has 0 fully saturated rings. The molecule has 0 N–H and O–H groups in total. The third kappa shape index (κ3) is 2.83. The smallest absolute Gasteiger partial charge is 0.271 e. The summed E-state index contributed by atoms with van der Waals surface area (Å²) in [6.07, 6.45) is 1.80. The van der Waals surface area contributed by atoms with Crippen LogP contribution in [0.2, 0.25) is 0 Å². The number of nitrogens with zero attached hydrogens (tertiary/aromatic N) is 2. The van der Waals surface area contributed by atoms with Gasteiger partial charge in [0.25, 0.3) is 5.91 Å². The van der Waals surface area contributed by atoms with Crippen LogP contribution in [0.1, 0.15) is 29.5 Å². The van der Waals surface area contributed by atoms with Gasteiger partial charge in [-0.15, -0.1) is 0 Å². The van der Waals surface area contributed by atoms with E-state index in [1.807, 2.05) is 47.4 Å². The molecule has 2 aliphatic heterocycles. The minimum atomic E-state index is -0.582. The molecule has 1 atom stereocenters. The monoisotopic (exact) mass is 350 g/mol. The van der Waals surface area contributed by atoms with Crippen LogP contribution in [-0.4, -0.2) is 31.4 Å². The Morgan fingerprint density at radius 3 is 2.81 bits per heavy atom. The summed E-state index contributed by atoms with van der Waals surface area (Å²) in [4.78, 5) is 20.5. The van der Waals surface area contributed by atoms with E-state index in [4.69, 9.17) is 9.57 Å². The predicted molar refractivity (Wildman–Crippen MR) is 101 cm³/mol. The van der Waals surface area contributed by atoms with E-state index in [1.165, 1.54) is 11.1 Å². The number of aryl methyl sites for hydroxylation is 1. The zero-order valence-corrected chi connectivity index (χ0v) is 15.1. The average Bonchev–Trinajstić information content (AvgIpc) is 3.18. The van der Waals surface area contributed by atoms with E-state index in [-0.39, 0.29) is 5.91 Å². The lowest BCUT2D eigenvalue weighted by molar-refractivity contribution is -0.128. The molecule has 0 spiro atoms. The highest BCUT2D eigenvalue weighted by Crippen LogP contribution is 2.39. The maximum absolute atomic E-state index is 13.2. The lowest BCUT2D eigenvalue weighted by Crippen LogP contribution is -2.42. The van der Waals surface area contributed by atoms with Gasteiger partial charge in [0.2, 0.25) is 6.10 Å². The van der Waals surface area contributed by atoms with Gasteiger partial charge in [0.05, 0.1) is 18.5 Å². The molecule has 0 radical (unpaired) electrons. The fourth-order valence-electron chi connectivity index (χ4n) is 3.72. The molecule has 0 saturated carbocycles. The Hall–Kier alpha value is -2.82. The molecule has 2 aromatic rings. The van der Waals surface area contributed by atoms with E-state index in [0.29, 0.717) is 13.0 Å². The third-order valence-electron chi connectivity index (χ3n) is 5.10. The van der Waals surface area contributed by atoms with Crippen LogP contribution in [-0.2, 0) is 16.1 Å². The zero-order valence-electron chi connectivity index (χ0n) is 15.1. The molecule has 1 amide bonds. The van der Waals surface area contributed by atoms with Crippen LogP contribution in [0.4, 0.5) is 5.69 Å². The van der Waals surface area contributed by atoms with Crippen LogP contribution in [0.25, 0.3) is 0 Å². The van der Waals surface area contributed by atoms with Gasteiger partial charge in [-0.1, -0.05) is 41.6 Å². The van der Waals surface area contributed by atoms with Gasteiger partial charge in [0, 0.05) is 13.0 Å². The number of carbonyl (C=O) groups is 1. The first-order valence-electron chi connectivity index (χ1n) is 8.95. The van der Waals surface area contributed by atoms with Crippen LogP contribution in [0.5, 0.6) is 5.75 Å². The molecule has 1 unspecified atom stereocenters. The van der Waals surface area contributed by atoms with Crippen molar-refractivity contribution in [1.82, 2.24) is 0 Å². The van der Waals surface area contributed by atoms with Gasteiger partial charge < -0.3 is 14.5 Å². The van der Waals surface area contributed by atoms with E-state index in [2.05, 4.69) is 12.1 Å². The predicted octanol–water partition coefficient (Wildman–Crippen LogP) is 3.48. The number of rotatable bonds is 3. The van der Waals surface area contributed by atoms with Gasteiger partial charge in [0.15, 0.2) is 0 Å². The number of hydrogen-bond donors (Lipinski definition) is 0. The molecular formula is C21H22N2O3. The highest BCUT2D eigenvalue weighted by atomic mass is 16.6. The summed E-state index contributed by atoms with van der Waals surface area (Å²) < 4.78 is 5.54. The molecule has 0 aromatic heterocycles. The molecule has 26 heavy (non-hydrogen) atoms. The Bertz CT molecular complexity index is 861. The summed E-state index contributed by atoms with van der Waals surface area (Å²) in [7, 11) is 1.64. The topological polar surface area (TPSA) is 51.1 Å². The fourth-order valence-corrected chi connectivity index (χ4v) is 3.72. The number of amides is 1. The van der Waals surface area contributed by atoms with E-state index in [9.17, 15) is 4.79 Å². The molecule has 5 heteroatoms. The number of fused-ring (bicyclic) bond motifs is 1. The van der Waals surface area contributed by atoms with Gasteiger partial charge in [-0.25, -0.2) is 0 Å². The van der Waals surface area contributed by atoms with Crippen molar-refractivity contribution in [3.63, 3.8) is 0 Å². The maximum atomic E-state index is 13.2. The molecule has 2 heterocycles. The highest BCUT2D eigenvalue weighted by Gasteiger charge is 2.36. The average molecular weight is 350 g/mol.